The van der Waals surface area contributed by atoms with Gasteiger partial charge in [0.15, 0.2) is 5.96 Å². The largest absolute Gasteiger partial charge is 0.357 e. The fourth-order valence-corrected chi connectivity index (χ4v) is 4.42. The summed E-state index contributed by atoms with van der Waals surface area (Å²) < 4.78 is 3.20. The topological polar surface area (TPSA) is 67.1 Å². The van der Waals surface area contributed by atoms with Gasteiger partial charge in [0.25, 0.3) is 0 Å². The molecule has 168 valence electrons. The second kappa shape index (κ2) is 12.5. The van der Waals surface area contributed by atoms with Crippen molar-refractivity contribution in [2.24, 2.45) is 4.99 Å². The quantitative estimate of drug-likeness (QED) is 0.133. The van der Waals surface area contributed by atoms with Crippen LogP contribution in [0.25, 0.3) is 10.2 Å². The fourth-order valence-electron chi connectivity index (χ4n) is 3.41. The molecule has 2 heterocycles. The Bertz CT molecular complexity index is 1090. The number of fused-ring (bicyclic) bond motifs is 1. The molecule has 2 N–H and O–H groups in total. The van der Waals surface area contributed by atoms with E-state index in [1.54, 1.807) is 11.3 Å². The van der Waals surface area contributed by atoms with E-state index in [1.165, 1.54) is 20.8 Å². The smallest absolute Gasteiger partial charge is 0.191 e. The number of nitrogens with one attached hydrogen (secondary N) is 2. The van der Waals surface area contributed by atoms with Gasteiger partial charge in [-0.3, -0.25) is 4.68 Å². The number of aryl methyl sites for hydroxylation is 1. The van der Waals surface area contributed by atoms with E-state index in [-0.39, 0.29) is 24.0 Å². The number of para-hydroxylation sites is 1. The molecule has 0 spiro atoms. The van der Waals surface area contributed by atoms with E-state index in [0.29, 0.717) is 6.54 Å². The van der Waals surface area contributed by atoms with E-state index < -0.39 is 0 Å². The Morgan fingerprint density at radius 3 is 2.62 bits per heavy atom. The molecule has 2 aromatic heterocycles. The molecule has 0 bridgehead atoms. The average molecular weight is 561 g/mol. The zero-order valence-corrected chi connectivity index (χ0v) is 21.3. The van der Waals surface area contributed by atoms with Crippen molar-refractivity contribution in [1.29, 1.82) is 0 Å². The van der Waals surface area contributed by atoms with Gasteiger partial charge in [-0.25, -0.2) is 9.98 Å². The maximum Gasteiger partial charge on any atom is 0.191 e. The Kier molecular flexibility index (Phi) is 9.48. The third kappa shape index (κ3) is 6.77. The molecule has 2 aromatic carbocycles. The Balaban J connectivity index is 0.00000289. The number of benzene rings is 2. The van der Waals surface area contributed by atoms with Crippen LogP contribution in [0.15, 0.2) is 72.0 Å². The molecule has 0 radical (unpaired) electrons. The average Bonchev–Trinajstić information content (AvgIpc) is 3.45. The van der Waals surface area contributed by atoms with Crippen LogP contribution >= 0.6 is 35.3 Å². The summed E-state index contributed by atoms with van der Waals surface area (Å²) in [5.41, 5.74) is 3.55. The Morgan fingerprint density at radius 2 is 1.84 bits per heavy atom. The lowest BCUT2D eigenvalue weighted by Gasteiger charge is -2.12. The number of hydrogen-bond donors (Lipinski definition) is 2. The number of guanidine groups is 1. The molecule has 8 heteroatoms. The highest BCUT2D eigenvalue weighted by Crippen LogP contribution is 2.22. The van der Waals surface area contributed by atoms with Crippen molar-refractivity contribution in [3.63, 3.8) is 0 Å². The van der Waals surface area contributed by atoms with Crippen molar-refractivity contribution < 1.29 is 0 Å². The number of rotatable bonds is 9. The number of halogens is 1. The van der Waals surface area contributed by atoms with Crippen LogP contribution in [0.2, 0.25) is 0 Å². The van der Waals surface area contributed by atoms with Crippen molar-refractivity contribution in [3.05, 3.63) is 83.1 Å². The molecule has 6 nitrogen and oxygen atoms in total. The third-order valence-corrected chi connectivity index (χ3v) is 6.06. The van der Waals surface area contributed by atoms with Crippen molar-refractivity contribution in [2.75, 3.05) is 13.1 Å². The monoisotopic (exact) mass is 560 g/mol. The van der Waals surface area contributed by atoms with Crippen LogP contribution in [-0.2, 0) is 19.5 Å². The molecular formula is C24H29IN6S. The standard InChI is InChI=1S/C24H28N6S.HI/c1-2-25-24(26-14-7-13-23-29-21-11-5-6-12-22(21)31-23)27-17-19-9-3-4-10-20(19)18-30-16-8-15-28-30;/h3-6,8-12,15-16H,2,7,13-14,17-18H2,1H3,(H2,25,26,27);1H. The summed E-state index contributed by atoms with van der Waals surface area (Å²) in [6.45, 7) is 5.16. The first-order valence-corrected chi connectivity index (χ1v) is 11.5. The van der Waals surface area contributed by atoms with E-state index in [9.17, 15) is 0 Å². The first-order valence-electron chi connectivity index (χ1n) is 10.7. The number of nitrogens with zero attached hydrogens (tertiary/aromatic N) is 4. The molecule has 0 unspecified atom stereocenters. The van der Waals surface area contributed by atoms with Crippen LogP contribution in [0, 0.1) is 0 Å². The molecular weight excluding hydrogens is 531 g/mol. The van der Waals surface area contributed by atoms with Crippen LogP contribution in [-0.4, -0.2) is 33.8 Å². The van der Waals surface area contributed by atoms with E-state index >= 15 is 0 Å². The van der Waals surface area contributed by atoms with Crippen molar-refractivity contribution in [1.82, 2.24) is 25.4 Å². The maximum atomic E-state index is 4.80. The van der Waals surface area contributed by atoms with Gasteiger partial charge >= 0.3 is 0 Å². The Hall–Kier alpha value is -2.46. The summed E-state index contributed by atoms with van der Waals surface area (Å²) in [5.74, 6) is 0.848. The fraction of sp³-hybridized carbons (Fsp3) is 0.292. The maximum absolute atomic E-state index is 4.80. The molecule has 0 saturated heterocycles. The van der Waals surface area contributed by atoms with E-state index in [1.807, 2.05) is 29.2 Å². The SMILES string of the molecule is CCNC(=NCc1ccccc1Cn1cccn1)NCCCc1nc2ccccc2s1.I. The van der Waals surface area contributed by atoms with Crippen LogP contribution in [0.1, 0.15) is 29.5 Å². The summed E-state index contributed by atoms with van der Waals surface area (Å²) in [6, 6.07) is 18.7. The Morgan fingerprint density at radius 1 is 1.03 bits per heavy atom. The minimum atomic E-state index is 0. The van der Waals surface area contributed by atoms with Gasteiger partial charge in [0.1, 0.15) is 0 Å². The van der Waals surface area contributed by atoms with Gasteiger partial charge in [-0.2, -0.15) is 5.10 Å². The molecule has 0 amide bonds. The molecule has 0 aliphatic carbocycles. The lowest BCUT2D eigenvalue weighted by molar-refractivity contribution is 0.680. The number of thiazole rings is 1. The summed E-state index contributed by atoms with van der Waals surface area (Å²) >= 11 is 1.78. The summed E-state index contributed by atoms with van der Waals surface area (Å²) in [7, 11) is 0. The molecule has 32 heavy (non-hydrogen) atoms. The first-order chi connectivity index (χ1) is 15.3. The lowest BCUT2D eigenvalue weighted by Crippen LogP contribution is -2.37. The third-order valence-electron chi connectivity index (χ3n) is 4.96. The van der Waals surface area contributed by atoms with Crippen LogP contribution in [0.3, 0.4) is 0 Å². The van der Waals surface area contributed by atoms with Crippen molar-refractivity contribution in [3.8, 4) is 0 Å². The molecule has 0 atom stereocenters. The number of aliphatic imine (C=N–C) groups is 1. The van der Waals surface area contributed by atoms with Gasteiger partial charge in [0.05, 0.1) is 28.3 Å². The van der Waals surface area contributed by atoms with Gasteiger partial charge in [0.2, 0.25) is 0 Å². The molecule has 0 saturated carbocycles. The second-order valence-electron chi connectivity index (χ2n) is 7.27. The van der Waals surface area contributed by atoms with Gasteiger partial charge in [0, 0.05) is 31.9 Å². The summed E-state index contributed by atoms with van der Waals surface area (Å²) in [5, 5.41) is 12.3. The molecule has 0 aliphatic heterocycles. The second-order valence-corrected chi connectivity index (χ2v) is 8.39. The molecule has 4 aromatic rings. The molecule has 0 fully saturated rings. The number of aromatic nitrogens is 3. The summed E-state index contributed by atoms with van der Waals surface area (Å²) in [4.78, 5) is 9.52. The molecule has 4 rings (SSSR count). The van der Waals surface area contributed by atoms with Gasteiger partial charge in [-0.1, -0.05) is 36.4 Å². The zero-order valence-electron chi connectivity index (χ0n) is 18.2. The van der Waals surface area contributed by atoms with Crippen molar-refractivity contribution in [2.45, 2.75) is 32.9 Å². The predicted octanol–water partition coefficient (Wildman–Crippen LogP) is 4.85. The van der Waals surface area contributed by atoms with E-state index in [0.717, 1.165) is 44.0 Å². The lowest BCUT2D eigenvalue weighted by atomic mass is 10.1. The van der Waals surface area contributed by atoms with Crippen LogP contribution in [0.4, 0.5) is 0 Å². The van der Waals surface area contributed by atoms with Crippen LogP contribution < -0.4 is 10.6 Å². The zero-order chi connectivity index (χ0) is 21.3. The minimum absolute atomic E-state index is 0. The highest BCUT2D eigenvalue weighted by molar-refractivity contribution is 14.0. The molecule has 0 aliphatic rings. The van der Waals surface area contributed by atoms with Crippen molar-refractivity contribution >= 4 is 51.5 Å². The highest BCUT2D eigenvalue weighted by Gasteiger charge is 2.05. The van der Waals surface area contributed by atoms with Gasteiger partial charge in [-0.05, 0) is 42.7 Å². The van der Waals surface area contributed by atoms with Gasteiger partial charge < -0.3 is 10.6 Å². The van der Waals surface area contributed by atoms with Gasteiger partial charge in [-0.15, -0.1) is 35.3 Å². The first kappa shape index (κ1) is 24.2. The summed E-state index contributed by atoms with van der Waals surface area (Å²) in [6.07, 6.45) is 5.78. The Labute approximate surface area is 210 Å². The normalized spacial score (nSPS) is 11.3. The van der Waals surface area contributed by atoms with E-state index in [4.69, 9.17) is 9.98 Å². The van der Waals surface area contributed by atoms with E-state index in [2.05, 4.69) is 65.1 Å². The highest BCUT2D eigenvalue weighted by atomic mass is 127. The predicted molar refractivity (Wildman–Crippen MR) is 144 cm³/mol. The minimum Gasteiger partial charge on any atom is -0.357 e. The van der Waals surface area contributed by atoms with Crippen LogP contribution in [0.5, 0.6) is 0 Å². The number of hydrogen-bond acceptors (Lipinski definition) is 4.